The molecule has 6 aromatic carbocycles. The normalized spacial score (nSPS) is 13.8. The van der Waals surface area contributed by atoms with Gasteiger partial charge in [-0.1, -0.05) is 72.8 Å². The van der Waals surface area contributed by atoms with E-state index in [0.29, 0.717) is 9.79 Å². The number of aromatic nitrogens is 2. The van der Waals surface area contributed by atoms with Gasteiger partial charge in [0.15, 0.2) is 0 Å². The third-order valence-electron chi connectivity index (χ3n) is 8.45. The summed E-state index contributed by atoms with van der Waals surface area (Å²) < 4.78 is 32.9. The molecule has 194 valence electrons. The van der Waals surface area contributed by atoms with E-state index >= 15 is 0 Å². The van der Waals surface area contributed by atoms with Crippen molar-refractivity contribution < 1.29 is 8.42 Å². The molecule has 0 atom stereocenters. The zero-order valence-corrected chi connectivity index (χ0v) is 22.6. The van der Waals surface area contributed by atoms with Crippen LogP contribution in [0.2, 0.25) is 0 Å². The third kappa shape index (κ3) is 2.96. The highest BCUT2D eigenvalue weighted by Gasteiger charge is 2.35. The minimum absolute atomic E-state index is 0.364. The van der Waals surface area contributed by atoms with Crippen LogP contribution in [0.15, 0.2) is 143 Å². The Balaban J connectivity index is 1.40. The van der Waals surface area contributed by atoms with Crippen LogP contribution in [0.25, 0.3) is 66.1 Å². The second-order valence-electron chi connectivity index (χ2n) is 10.6. The molecule has 4 nitrogen and oxygen atoms in total. The highest BCUT2D eigenvalue weighted by molar-refractivity contribution is 7.92. The minimum Gasteiger partial charge on any atom is -0.309 e. The molecule has 0 radical (unpaired) electrons. The predicted octanol–water partition coefficient (Wildman–Crippen LogP) is 8.69. The first-order valence-electron chi connectivity index (χ1n) is 13.6. The van der Waals surface area contributed by atoms with Crippen LogP contribution in [0.1, 0.15) is 0 Å². The Labute approximate surface area is 236 Å². The molecule has 0 fully saturated rings. The molecule has 0 aliphatic carbocycles. The Bertz CT molecular complexity index is 2300. The molecule has 0 N–H and O–H groups in total. The number of sulfone groups is 1. The molecular weight excluding hydrogens is 524 g/mol. The van der Waals surface area contributed by atoms with Gasteiger partial charge in [-0.3, -0.25) is 0 Å². The quantitative estimate of drug-likeness (QED) is 0.218. The first-order valence-corrected chi connectivity index (χ1v) is 15.1. The van der Waals surface area contributed by atoms with Crippen molar-refractivity contribution in [3.05, 3.63) is 133 Å². The minimum atomic E-state index is -3.75. The van der Waals surface area contributed by atoms with Gasteiger partial charge in [-0.2, -0.15) is 0 Å². The number of nitrogens with zero attached hydrogens (tertiary/aromatic N) is 2. The lowest BCUT2D eigenvalue weighted by molar-refractivity contribution is 0.599. The Kier molecular flexibility index (Phi) is 4.40. The van der Waals surface area contributed by atoms with E-state index in [0.717, 1.165) is 66.1 Å². The van der Waals surface area contributed by atoms with Crippen molar-refractivity contribution in [1.29, 1.82) is 0 Å². The van der Waals surface area contributed by atoms with Crippen LogP contribution in [0.4, 0.5) is 0 Å². The summed E-state index contributed by atoms with van der Waals surface area (Å²) in [6.07, 6.45) is 0. The van der Waals surface area contributed by atoms with Crippen molar-refractivity contribution >= 4 is 53.4 Å². The number of para-hydroxylation sites is 4. The van der Waals surface area contributed by atoms with Crippen LogP contribution in [-0.4, -0.2) is 17.6 Å². The van der Waals surface area contributed by atoms with Gasteiger partial charge in [0, 0.05) is 44.0 Å². The molecule has 1 aliphatic heterocycles. The lowest BCUT2D eigenvalue weighted by Crippen LogP contribution is -1.99. The smallest absolute Gasteiger partial charge is 0.207 e. The average molecular weight is 547 g/mol. The molecule has 0 bridgehead atoms. The summed E-state index contributed by atoms with van der Waals surface area (Å²) in [6.45, 7) is 0. The van der Waals surface area contributed by atoms with Crippen molar-refractivity contribution in [2.24, 2.45) is 0 Å². The van der Waals surface area contributed by atoms with Crippen LogP contribution >= 0.6 is 0 Å². The molecule has 0 amide bonds. The summed E-state index contributed by atoms with van der Waals surface area (Å²) in [6, 6.07) is 44.7. The van der Waals surface area contributed by atoms with E-state index in [-0.39, 0.29) is 0 Å². The van der Waals surface area contributed by atoms with Gasteiger partial charge < -0.3 is 9.13 Å². The Morgan fingerprint density at radius 1 is 0.390 bits per heavy atom. The zero-order chi connectivity index (χ0) is 27.3. The van der Waals surface area contributed by atoms with Crippen LogP contribution in [0.3, 0.4) is 0 Å². The van der Waals surface area contributed by atoms with Crippen LogP contribution in [-0.2, 0) is 9.84 Å². The molecule has 2 aromatic heterocycles. The first-order chi connectivity index (χ1) is 20.1. The van der Waals surface area contributed by atoms with Gasteiger partial charge in [-0.25, -0.2) is 8.42 Å². The molecule has 3 heterocycles. The van der Waals surface area contributed by atoms with E-state index in [4.69, 9.17) is 0 Å². The first kappa shape index (κ1) is 22.7. The standard InChI is InChI=1S/C36H22N2O2S/c39-41(40)35-21-33-27(25-15-7-9-17-31(25)37(33)23-11-3-1-4-12-23)19-29(35)30-20-28-26-16-8-10-18-32(26)38(34(28)22-36(30)41)24-13-5-2-6-14-24/h1-22H. The number of hydrogen-bond donors (Lipinski definition) is 0. The molecule has 41 heavy (non-hydrogen) atoms. The lowest BCUT2D eigenvalue weighted by Gasteiger charge is -2.08. The SMILES string of the molecule is O=S1(=O)c2cc3c(cc2-c2cc4c5ccccc5n(-c5ccccc5)c4cc21)c1ccccc1n3-c1ccccc1. The summed E-state index contributed by atoms with van der Waals surface area (Å²) >= 11 is 0. The lowest BCUT2D eigenvalue weighted by atomic mass is 10.0. The maximum absolute atomic E-state index is 14.3. The highest BCUT2D eigenvalue weighted by Crippen LogP contribution is 2.49. The van der Waals surface area contributed by atoms with Gasteiger partial charge in [-0.15, -0.1) is 0 Å². The van der Waals surface area contributed by atoms with Crippen molar-refractivity contribution in [3.8, 4) is 22.5 Å². The van der Waals surface area contributed by atoms with Gasteiger partial charge in [0.2, 0.25) is 9.84 Å². The number of fused-ring (bicyclic) bond motifs is 9. The van der Waals surface area contributed by atoms with Gasteiger partial charge in [-0.05, 0) is 60.7 Å². The predicted molar refractivity (Wildman–Crippen MR) is 166 cm³/mol. The fourth-order valence-corrected chi connectivity index (χ4v) is 8.37. The summed E-state index contributed by atoms with van der Waals surface area (Å²) in [5, 5.41) is 4.28. The molecular formula is C36H22N2O2S. The second kappa shape index (κ2) is 7.96. The summed E-state index contributed by atoms with van der Waals surface area (Å²) in [4.78, 5) is 0.728. The fourth-order valence-electron chi connectivity index (χ4n) is 6.69. The molecule has 0 saturated heterocycles. The average Bonchev–Trinajstić information content (AvgIpc) is 3.59. The largest absolute Gasteiger partial charge is 0.309 e. The van der Waals surface area contributed by atoms with E-state index in [2.05, 4.69) is 69.8 Å². The number of benzene rings is 6. The number of hydrogen-bond acceptors (Lipinski definition) is 2. The highest BCUT2D eigenvalue weighted by atomic mass is 32.2. The van der Waals surface area contributed by atoms with E-state index < -0.39 is 9.84 Å². The van der Waals surface area contributed by atoms with E-state index in [1.807, 2.05) is 72.8 Å². The van der Waals surface area contributed by atoms with Gasteiger partial charge in [0.05, 0.1) is 31.9 Å². The molecule has 0 saturated carbocycles. The van der Waals surface area contributed by atoms with Crippen LogP contribution < -0.4 is 0 Å². The monoisotopic (exact) mass is 546 g/mol. The molecule has 1 aliphatic rings. The topological polar surface area (TPSA) is 44.0 Å². The number of rotatable bonds is 2. The fraction of sp³-hybridized carbons (Fsp3) is 0. The molecule has 9 rings (SSSR count). The van der Waals surface area contributed by atoms with Crippen molar-refractivity contribution in [2.75, 3.05) is 0 Å². The summed E-state index contributed by atoms with van der Waals surface area (Å²) in [5.41, 5.74) is 7.41. The van der Waals surface area contributed by atoms with Crippen LogP contribution in [0.5, 0.6) is 0 Å². The molecule has 0 spiro atoms. The third-order valence-corrected chi connectivity index (χ3v) is 10.3. The van der Waals surface area contributed by atoms with Crippen LogP contribution in [0, 0.1) is 0 Å². The maximum atomic E-state index is 14.3. The van der Waals surface area contributed by atoms with E-state index in [1.165, 1.54) is 0 Å². The van der Waals surface area contributed by atoms with Crippen molar-refractivity contribution in [3.63, 3.8) is 0 Å². The Morgan fingerprint density at radius 3 is 1.22 bits per heavy atom. The van der Waals surface area contributed by atoms with E-state index in [9.17, 15) is 8.42 Å². The van der Waals surface area contributed by atoms with Crippen molar-refractivity contribution in [2.45, 2.75) is 9.79 Å². The Morgan fingerprint density at radius 2 is 0.780 bits per heavy atom. The Hall–Kier alpha value is -5.13. The molecule has 0 unspecified atom stereocenters. The molecule has 8 aromatic rings. The van der Waals surface area contributed by atoms with Gasteiger partial charge >= 0.3 is 0 Å². The van der Waals surface area contributed by atoms with Gasteiger partial charge in [0.25, 0.3) is 0 Å². The summed E-state index contributed by atoms with van der Waals surface area (Å²) in [5.74, 6) is 0. The maximum Gasteiger partial charge on any atom is 0.207 e. The van der Waals surface area contributed by atoms with E-state index in [1.54, 1.807) is 0 Å². The summed E-state index contributed by atoms with van der Waals surface area (Å²) in [7, 11) is -3.75. The second-order valence-corrected chi connectivity index (χ2v) is 12.5. The molecule has 5 heteroatoms. The van der Waals surface area contributed by atoms with Gasteiger partial charge in [0.1, 0.15) is 0 Å². The zero-order valence-electron chi connectivity index (χ0n) is 21.8. The van der Waals surface area contributed by atoms with Crippen molar-refractivity contribution in [1.82, 2.24) is 9.13 Å².